The van der Waals surface area contributed by atoms with Gasteiger partial charge in [-0.15, -0.1) is 11.3 Å². The van der Waals surface area contributed by atoms with Crippen molar-refractivity contribution in [2.24, 2.45) is 10.9 Å². The van der Waals surface area contributed by atoms with E-state index in [4.69, 9.17) is 26.9 Å². The Morgan fingerprint density at radius 3 is 3.04 bits per heavy atom. The zero-order chi connectivity index (χ0) is 18.2. The fraction of sp³-hybridized carbons (Fsp3) is 0.333. The molecule has 0 amide bonds. The number of nitrogens with zero attached hydrogens (tertiary/aromatic N) is 3. The van der Waals surface area contributed by atoms with Gasteiger partial charge in [-0.1, -0.05) is 16.8 Å². The lowest BCUT2D eigenvalue weighted by Crippen LogP contribution is -2.46. The molecular formula is C15H15ClN4O4S. The van der Waals surface area contributed by atoms with Crippen LogP contribution in [0.25, 0.3) is 0 Å². The summed E-state index contributed by atoms with van der Waals surface area (Å²) in [6.45, 7) is 3.54. The van der Waals surface area contributed by atoms with E-state index < -0.39 is 17.7 Å². The summed E-state index contributed by atoms with van der Waals surface area (Å²) >= 11 is 6.88. The van der Waals surface area contributed by atoms with Crippen molar-refractivity contribution in [1.29, 1.82) is 0 Å². The Labute approximate surface area is 152 Å². The van der Waals surface area contributed by atoms with Gasteiger partial charge < -0.3 is 20.4 Å². The molecule has 3 rings (SSSR count). The Morgan fingerprint density at radius 1 is 1.60 bits per heavy atom. The number of aliphatic hydroxyl groups excluding tert-OH is 1. The first kappa shape index (κ1) is 17.6. The fourth-order valence-electron chi connectivity index (χ4n) is 2.17. The minimum absolute atomic E-state index is 0.0586. The van der Waals surface area contributed by atoms with Crippen molar-refractivity contribution in [3.05, 3.63) is 38.9 Å². The number of aromatic nitrogens is 2. The summed E-state index contributed by atoms with van der Waals surface area (Å²) in [5.41, 5.74) is 5.73. The van der Waals surface area contributed by atoms with Crippen LogP contribution in [0.15, 0.2) is 22.8 Å². The van der Waals surface area contributed by atoms with E-state index in [0.29, 0.717) is 22.9 Å². The largest absolute Gasteiger partial charge is 0.469 e. The molecule has 1 aliphatic heterocycles. The van der Waals surface area contributed by atoms with Crippen LogP contribution in [0.5, 0.6) is 5.88 Å². The topological polar surface area (TPSA) is 120 Å². The highest BCUT2D eigenvalue weighted by molar-refractivity contribution is 7.12. The molecular weight excluding hydrogens is 368 g/mol. The molecule has 3 heterocycles. The van der Waals surface area contributed by atoms with Crippen LogP contribution in [-0.4, -0.2) is 38.6 Å². The molecule has 0 radical (unpaired) electrons. The number of thiazole rings is 1. The third kappa shape index (κ3) is 3.73. The zero-order valence-electron chi connectivity index (χ0n) is 13.4. The van der Waals surface area contributed by atoms with Crippen LogP contribution in [0.3, 0.4) is 0 Å². The Bertz CT molecular complexity index is 852. The molecule has 25 heavy (non-hydrogen) atoms. The summed E-state index contributed by atoms with van der Waals surface area (Å²) in [6, 6.07) is 1.55. The predicted molar refractivity (Wildman–Crippen MR) is 91.9 cm³/mol. The van der Waals surface area contributed by atoms with E-state index in [-0.39, 0.29) is 16.6 Å². The van der Waals surface area contributed by atoms with Gasteiger partial charge in [0.15, 0.2) is 10.8 Å². The summed E-state index contributed by atoms with van der Waals surface area (Å²) in [6.07, 6.45) is 0.928. The highest BCUT2D eigenvalue weighted by atomic mass is 35.5. The Hall–Kier alpha value is -2.23. The van der Waals surface area contributed by atoms with Crippen molar-refractivity contribution < 1.29 is 19.5 Å². The third-order valence-electron chi connectivity index (χ3n) is 3.66. The molecule has 0 fully saturated rings. The van der Waals surface area contributed by atoms with Crippen molar-refractivity contribution in [2.75, 3.05) is 0 Å². The average molecular weight is 383 g/mol. The number of pyridine rings is 1. The minimum Gasteiger partial charge on any atom is -0.469 e. The molecule has 3 N–H and O–H groups in total. The van der Waals surface area contributed by atoms with Crippen molar-refractivity contribution in [2.45, 2.75) is 32.0 Å². The van der Waals surface area contributed by atoms with Gasteiger partial charge >= 0.3 is 5.97 Å². The summed E-state index contributed by atoms with van der Waals surface area (Å²) in [5, 5.41) is 15.9. The molecule has 2 aromatic rings. The third-order valence-corrected chi connectivity index (χ3v) is 4.85. The number of amidine groups is 1. The van der Waals surface area contributed by atoms with Crippen molar-refractivity contribution in [3.63, 3.8) is 0 Å². The lowest BCUT2D eigenvalue weighted by molar-refractivity contribution is -0.0443. The molecule has 1 atom stereocenters. The second-order valence-corrected chi connectivity index (χ2v) is 7.19. The SMILES string of the molecule is CC1(C)Oc2ncc(C(=O)O/N=C(/N)c3nc(Cl)cs3)cc2C[C@H]1O. The Kier molecular flexibility index (Phi) is 4.63. The normalized spacial score (nSPS) is 19.0. The maximum atomic E-state index is 12.1. The summed E-state index contributed by atoms with van der Waals surface area (Å²) < 4.78 is 5.64. The summed E-state index contributed by atoms with van der Waals surface area (Å²) in [7, 11) is 0. The molecule has 0 saturated heterocycles. The first-order chi connectivity index (χ1) is 11.8. The molecule has 0 saturated carbocycles. The zero-order valence-corrected chi connectivity index (χ0v) is 15.0. The average Bonchev–Trinajstić information content (AvgIpc) is 2.99. The molecule has 132 valence electrons. The lowest BCUT2D eigenvalue weighted by Gasteiger charge is -2.36. The molecule has 0 spiro atoms. The van der Waals surface area contributed by atoms with E-state index >= 15 is 0 Å². The number of hydrogen-bond donors (Lipinski definition) is 2. The quantitative estimate of drug-likeness (QED) is 0.359. The van der Waals surface area contributed by atoms with E-state index in [9.17, 15) is 9.90 Å². The number of carbonyl (C=O) groups is 1. The smallest absolute Gasteiger partial charge is 0.367 e. The van der Waals surface area contributed by atoms with Crippen LogP contribution in [-0.2, 0) is 11.3 Å². The van der Waals surface area contributed by atoms with Gasteiger partial charge in [-0.3, -0.25) is 0 Å². The molecule has 10 heteroatoms. The van der Waals surface area contributed by atoms with Gasteiger partial charge in [0.1, 0.15) is 10.8 Å². The number of aliphatic hydroxyl groups is 1. The van der Waals surface area contributed by atoms with E-state index in [2.05, 4.69) is 15.1 Å². The molecule has 1 aliphatic rings. The number of fused-ring (bicyclic) bond motifs is 1. The van der Waals surface area contributed by atoms with Crippen LogP contribution in [0.2, 0.25) is 5.15 Å². The number of halogens is 1. The van der Waals surface area contributed by atoms with Crippen LogP contribution >= 0.6 is 22.9 Å². The van der Waals surface area contributed by atoms with Gasteiger partial charge in [-0.05, 0) is 19.9 Å². The maximum Gasteiger partial charge on any atom is 0.367 e. The summed E-state index contributed by atoms with van der Waals surface area (Å²) in [4.78, 5) is 25.0. The van der Waals surface area contributed by atoms with Crippen molar-refractivity contribution >= 4 is 34.7 Å². The molecule has 0 unspecified atom stereocenters. The van der Waals surface area contributed by atoms with Crippen LogP contribution in [0, 0.1) is 0 Å². The molecule has 0 aliphatic carbocycles. The molecule has 0 aromatic carbocycles. The standard InChI is InChI=1S/C15H15ClN4O4S/c1-15(2)9(21)4-7-3-8(5-18-12(7)23-15)14(22)24-20-11(17)13-19-10(16)6-25-13/h3,5-6,9,21H,4H2,1-2H3,(H2,17,20)/t9-/m1/s1. The molecule has 0 bridgehead atoms. The predicted octanol–water partition coefficient (Wildman–Crippen LogP) is 1.74. The number of ether oxygens (including phenoxy) is 1. The Morgan fingerprint density at radius 2 is 2.36 bits per heavy atom. The van der Waals surface area contributed by atoms with E-state index in [1.165, 1.54) is 17.5 Å². The van der Waals surface area contributed by atoms with Gasteiger partial charge in [0.2, 0.25) is 5.88 Å². The van der Waals surface area contributed by atoms with Gasteiger partial charge in [-0.2, -0.15) is 0 Å². The van der Waals surface area contributed by atoms with Crippen LogP contribution in [0.4, 0.5) is 0 Å². The highest BCUT2D eigenvalue weighted by Gasteiger charge is 2.36. The fourth-order valence-corrected chi connectivity index (χ4v) is 3.01. The van der Waals surface area contributed by atoms with Crippen molar-refractivity contribution in [1.82, 2.24) is 9.97 Å². The van der Waals surface area contributed by atoms with Crippen molar-refractivity contribution in [3.8, 4) is 5.88 Å². The van der Waals surface area contributed by atoms with Crippen LogP contribution in [0.1, 0.15) is 34.8 Å². The highest BCUT2D eigenvalue weighted by Crippen LogP contribution is 2.32. The van der Waals surface area contributed by atoms with E-state index in [1.807, 2.05) is 0 Å². The number of rotatable bonds is 3. The van der Waals surface area contributed by atoms with Gasteiger partial charge in [0.05, 0.1) is 11.7 Å². The number of nitrogens with two attached hydrogens (primary N) is 1. The van der Waals surface area contributed by atoms with E-state index in [0.717, 1.165) is 0 Å². The number of carbonyl (C=O) groups excluding carboxylic acids is 1. The lowest BCUT2D eigenvalue weighted by atomic mass is 9.92. The molecule has 8 nitrogen and oxygen atoms in total. The van der Waals surface area contributed by atoms with E-state index in [1.54, 1.807) is 25.3 Å². The van der Waals surface area contributed by atoms with Gasteiger partial charge in [0.25, 0.3) is 0 Å². The number of hydrogen-bond acceptors (Lipinski definition) is 8. The Balaban J connectivity index is 1.74. The second-order valence-electron chi connectivity index (χ2n) is 5.94. The summed E-state index contributed by atoms with van der Waals surface area (Å²) in [5.74, 6) is -0.413. The first-order valence-corrected chi connectivity index (χ1v) is 8.54. The first-order valence-electron chi connectivity index (χ1n) is 7.28. The maximum absolute atomic E-state index is 12.1. The monoisotopic (exact) mass is 382 g/mol. The number of oxime groups is 1. The van der Waals surface area contributed by atoms with Gasteiger partial charge in [-0.25, -0.2) is 14.8 Å². The molecule has 2 aromatic heterocycles. The van der Waals surface area contributed by atoms with Crippen LogP contribution < -0.4 is 10.5 Å². The second kappa shape index (κ2) is 6.58. The van der Waals surface area contributed by atoms with Gasteiger partial charge in [0, 0.05) is 23.6 Å². The minimum atomic E-state index is -0.740.